The minimum absolute atomic E-state index is 0. The molecule has 0 amide bonds. The third-order valence-electron chi connectivity index (χ3n) is 2.20. The minimum Gasteiger partial charge on any atom is -1.00 e. The van der Waals surface area contributed by atoms with Gasteiger partial charge < -0.3 is 22.6 Å². The Morgan fingerprint density at radius 1 is 1.20 bits per heavy atom. The summed E-state index contributed by atoms with van der Waals surface area (Å²) in [5.41, 5.74) is 5.45. The molecule has 0 bridgehead atoms. The van der Waals surface area contributed by atoms with Crippen molar-refractivity contribution in [3.63, 3.8) is 0 Å². The van der Waals surface area contributed by atoms with Crippen molar-refractivity contribution < 1.29 is 16.9 Å². The molecule has 0 aliphatic rings. The first kappa shape index (κ1) is 12.8. The quantitative estimate of drug-likeness (QED) is 0.457. The second-order valence-electron chi connectivity index (χ2n) is 2.76. The predicted octanol–water partition coefficient (Wildman–Crippen LogP) is -2.56. The highest BCUT2D eigenvalue weighted by molar-refractivity contribution is 4.34. The van der Waals surface area contributed by atoms with E-state index in [4.69, 9.17) is 5.73 Å². The first-order chi connectivity index (χ1) is 4.18. The largest absolute Gasteiger partial charge is 1.00 e. The lowest BCUT2D eigenvalue weighted by Crippen LogP contribution is -3.00. The van der Waals surface area contributed by atoms with Crippen LogP contribution in [-0.4, -0.2) is 37.7 Å². The van der Waals surface area contributed by atoms with Crippen LogP contribution in [0, 0.1) is 0 Å². The topological polar surface area (TPSA) is 26.0 Å². The molecule has 0 aromatic heterocycles. The van der Waals surface area contributed by atoms with Crippen molar-refractivity contribution in [1.82, 2.24) is 0 Å². The van der Waals surface area contributed by atoms with Crippen LogP contribution < -0.4 is 18.1 Å². The van der Waals surface area contributed by atoms with Gasteiger partial charge in [-0.15, -0.1) is 0 Å². The smallest absolute Gasteiger partial charge is 0.0909 e. The fraction of sp³-hybridized carbons (Fsp3) is 1.00. The maximum absolute atomic E-state index is 5.45. The number of hydrogen-bond acceptors (Lipinski definition) is 1. The van der Waals surface area contributed by atoms with Gasteiger partial charge in [-0.05, 0) is 13.8 Å². The standard InChI is InChI=1S/C7H19N2.ClH/c1-4-9(3,5-2)7-6-8;/h4-8H2,1-3H3;1H/q+1;/p-1. The van der Waals surface area contributed by atoms with Gasteiger partial charge in [0.2, 0.25) is 0 Å². The molecule has 0 saturated carbocycles. The molecule has 0 saturated heterocycles. The van der Waals surface area contributed by atoms with E-state index in [0.29, 0.717) is 0 Å². The summed E-state index contributed by atoms with van der Waals surface area (Å²) < 4.78 is 1.11. The molecule has 64 valence electrons. The summed E-state index contributed by atoms with van der Waals surface area (Å²) in [7, 11) is 2.24. The lowest BCUT2D eigenvalue weighted by Gasteiger charge is -2.31. The first-order valence-electron chi connectivity index (χ1n) is 3.72. The number of halogens is 1. The molecule has 3 heteroatoms. The van der Waals surface area contributed by atoms with Gasteiger partial charge in [-0.25, -0.2) is 0 Å². The SMILES string of the molecule is CC[N+](C)(CC)CCN.[Cl-]. The van der Waals surface area contributed by atoms with Crippen LogP contribution in [0.2, 0.25) is 0 Å². The highest BCUT2D eigenvalue weighted by atomic mass is 35.5. The fourth-order valence-corrected chi connectivity index (χ4v) is 0.852. The van der Waals surface area contributed by atoms with Gasteiger partial charge >= 0.3 is 0 Å². The van der Waals surface area contributed by atoms with Crippen molar-refractivity contribution in [3.05, 3.63) is 0 Å². The van der Waals surface area contributed by atoms with Crippen LogP contribution >= 0.6 is 0 Å². The molecule has 0 unspecified atom stereocenters. The Hall–Kier alpha value is 0.210. The molecule has 0 heterocycles. The molecular weight excluding hydrogens is 148 g/mol. The number of rotatable bonds is 4. The van der Waals surface area contributed by atoms with E-state index in [0.717, 1.165) is 17.6 Å². The molecule has 0 spiro atoms. The van der Waals surface area contributed by atoms with Gasteiger partial charge in [-0.2, -0.15) is 0 Å². The van der Waals surface area contributed by atoms with E-state index in [1.165, 1.54) is 13.1 Å². The Morgan fingerprint density at radius 3 is 1.70 bits per heavy atom. The number of hydrogen-bond donors (Lipinski definition) is 1. The van der Waals surface area contributed by atoms with Crippen LogP contribution in [0.25, 0.3) is 0 Å². The van der Waals surface area contributed by atoms with Gasteiger partial charge in [-0.3, -0.25) is 0 Å². The molecule has 10 heavy (non-hydrogen) atoms. The first-order valence-corrected chi connectivity index (χ1v) is 3.72. The van der Waals surface area contributed by atoms with Crippen LogP contribution in [0.15, 0.2) is 0 Å². The molecule has 0 aromatic rings. The Morgan fingerprint density at radius 2 is 1.60 bits per heavy atom. The van der Waals surface area contributed by atoms with Gasteiger partial charge in [0.25, 0.3) is 0 Å². The normalized spacial score (nSPS) is 10.8. The van der Waals surface area contributed by atoms with Gasteiger partial charge in [0, 0.05) is 6.54 Å². The Labute approximate surface area is 70.4 Å². The molecular formula is C7H19ClN2. The van der Waals surface area contributed by atoms with Crippen LogP contribution in [0.5, 0.6) is 0 Å². The highest BCUT2D eigenvalue weighted by Crippen LogP contribution is 1.97. The van der Waals surface area contributed by atoms with Crippen molar-refractivity contribution in [3.8, 4) is 0 Å². The molecule has 0 aliphatic carbocycles. The van der Waals surface area contributed by atoms with Gasteiger partial charge in [0.1, 0.15) is 0 Å². The highest BCUT2D eigenvalue weighted by Gasteiger charge is 2.13. The van der Waals surface area contributed by atoms with Crippen LogP contribution in [-0.2, 0) is 0 Å². The average Bonchev–Trinajstić information content (AvgIpc) is 1.89. The minimum atomic E-state index is 0. The van der Waals surface area contributed by atoms with Crippen molar-refractivity contribution >= 4 is 0 Å². The van der Waals surface area contributed by atoms with Gasteiger partial charge in [0.05, 0.1) is 26.7 Å². The second-order valence-corrected chi connectivity index (χ2v) is 2.76. The van der Waals surface area contributed by atoms with Gasteiger partial charge in [-0.1, -0.05) is 0 Å². The molecule has 0 atom stereocenters. The number of quaternary nitrogens is 1. The lowest BCUT2D eigenvalue weighted by atomic mass is 10.4. The van der Waals surface area contributed by atoms with E-state index in [-0.39, 0.29) is 12.4 Å². The Kier molecular flexibility index (Phi) is 7.65. The molecule has 2 N–H and O–H groups in total. The van der Waals surface area contributed by atoms with Crippen molar-refractivity contribution in [2.45, 2.75) is 13.8 Å². The van der Waals surface area contributed by atoms with Crippen LogP contribution in [0.3, 0.4) is 0 Å². The predicted molar refractivity (Wildman–Crippen MR) is 41.2 cm³/mol. The van der Waals surface area contributed by atoms with E-state index in [9.17, 15) is 0 Å². The summed E-state index contributed by atoms with van der Waals surface area (Å²) in [6, 6.07) is 0. The molecule has 0 aromatic carbocycles. The maximum atomic E-state index is 5.45. The molecule has 0 aliphatic heterocycles. The molecule has 0 radical (unpaired) electrons. The zero-order chi connectivity index (χ0) is 7.33. The third kappa shape index (κ3) is 4.09. The second kappa shape index (κ2) is 5.96. The maximum Gasteiger partial charge on any atom is 0.0909 e. The summed E-state index contributed by atoms with van der Waals surface area (Å²) in [6.45, 7) is 8.70. The van der Waals surface area contributed by atoms with Crippen LogP contribution in [0.1, 0.15) is 13.8 Å². The lowest BCUT2D eigenvalue weighted by molar-refractivity contribution is -0.904. The summed E-state index contributed by atoms with van der Waals surface area (Å²) in [6.07, 6.45) is 0. The zero-order valence-corrected chi connectivity index (χ0v) is 7.99. The number of likely N-dealkylation sites (N-methyl/N-ethyl adjacent to an activating group) is 1. The van der Waals surface area contributed by atoms with Gasteiger partial charge in [0.15, 0.2) is 0 Å². The van der Waals surface area contributed by atoms with Crippen molar-refractivity contribution in [2.24, 2.45) is 5.73 Å². The number of nitrogens with zero attached hydrogens (tertiary/aromatic N) is 1. The van der Waals surface area contributed by atoms with Crippen LogP contribution in [0.4, 0.5) is 0 Å². The van der Waals surface area contributed by atoms with Crippen molar-refractivity contribution in [1.29, 1.82) is 0 Å². The summed E-state index contributed by atoms with van der Waals surface area (Å²) in [5.74, 6) is 0. The fourth-order valence-electron chi connectivity index (χ4n) is 0.852. The van der Waals surface area contributed by atoms with E-state index in [2.05, 4.69) is 20.9 Å². The third-order valence-corrected chi connectivity index (χ3v) is 2.20. The molecule has 0 rings (SSSR count). The molecule has 2 nitrogen and oxygen atoms in total. The van der Waals surface area contributed by atoms with E-state index < -0.39 is 0 Å². The average molecular weight is 167 g/mol. The van der Waals surface area contributed by atoms with E-state index in [1.807, 2.05) is 0 Å². The number of nitrogens with two attached hydrogens (primary N) is 1. The zero-order valence-electron chi connectivity index (χ0n) is 7.23. The Balaban J connectivity index is 0. The monoisotopic (exact) mass is 166 g/mol. The summed E-state index contributed by atoms with van der Waals surface area (Å²) in [4.78, 5) is 0. The van der Waals surface area contributed by atoms with E-state index in [1.54, 1.807) is 0 Å². The van der Waals surface area contributed by atoms with Crippen molar-refractivity contribution in [2.75, 3.05) is 33.2 Å². The Bertz CT molecular complexity index is 72.0. The molecule has 0 fully saturated rings. The summed E-state index contributed by atoms with van der Waals surface area (Å²) in [5, 5.41) is 0. The van der Waals surface area contributed by atoms with E-state index >= 15 is 0 Å². The summed E-state index contributed by atoms with van der Waals surface area (Å²) >= 11 is 0.